The van der Waals surface area contributed by atoms with E-state index in [1.165, 1.54) is 11.3 Å². The van der Waals surface area contributed by atoms with E-state index in [0.717, 1.165) is 19.5 Å². The number of benzene rings is 1. The van der Waals surface area contributed by atoms with Gasteiger partial charge in [0.2, 0.25) is 0 Å². The summed E-state index contributed by atoms with van der Waals surface area (Å²) in [6, 6.07) is 8.60. The van der Waals surface area contributed by atoms with Gasteiger partial charge >= 0.3 is 0 Å². The molecule has 0 aromatic heterocycles. The molecule has 2 N–H and O–H groups in total. The summed E-state index contributed by atoms with van der Waals surface area (Å²) in [6.07, 6.45) is 1.16. The molecular weight excluding hydrogens is 172 g/mol. The second-order valence-corrected chi connectivity index (χ2v) is 4.79. The zero-order valence-electron chi connectivity index (χ0n) is 8.96. The Labute approximate surface area is 85.7 Å². The quantitative estimate of drug-likeness (QED) is 0.770. The molecule has 0 fully saturated rings. The Hall–Kier alpha value is -1.02. The molecule has 0 aliphatic carbocycles. The summed E-state index contributed by atoms with van der Waals surface area (Å²) < 4.78 is 0. The van der Waals surface area contributed by atoms with Crippen molar-refractivity contribution >= 4 is 5.69 Å². The highest BCUT2D eigenvalue weighted by Crippen LogP contribution is 2.28. The average molecular weight is 190 g/mol. The van der Waals surface area contributed by atoms with Gasteiger partial charge in [0.05, 0.1) is 0 Å². The van der Waals surface area contributed by atoms with E-state index in [1.807, 2.05) is 0 Å². The number of hydrogen-bond donors (Lipinski definition) is 1. The molecule has 0 spiro atoms. The van der Waals surface area contributed by atoms with Crippen molar-refractivity contribution in [2.24, 2.45) is 5.73 Å². The van der Waals surface area contributed by atoms with Crippen LogP contribution in [0.1, 0.15) is 19.4 Å². The molecule has 1 aromatic carbocycles. The zero-order chi connectivity index (χ0) is 10.2. The molecule has 1 aliphatic heterocycles. The molecular formula is C12H18N2. The summed E-state index contributed by atoms with van der Waals surface area (Å²) in [7, 11) is 0. The Morgan fingerprint density at radius 3 is 2.79 bits per heavy atom. The van der Waals surface area contributed by atoms with Crippen LogP contribution in [0, 0.1) is 0 Å². The topological polar surface area (TPSA) is 29.3 Å². The number of fused-ring (bicyclic) bond motifs is 1. The van der Waals surface area contributed by atoms with Gasteiger partial charge in [0, 0.05) is 24.3 Å². The molecule has 1 aliphatic rings. The minimum absolute atomic E-state index is 0.114. The van der Waals surface area contributed by atoms with E-state index in [-0.39, 0.29) is 5.54 Å². The number of anilines is 1. The van der Waals surface area contributed by atoms with Crippen LogP contribution in [0.2, 0.25) is 0 Å². The molecule has 14 heavy (non-hydrogen) atoms. The van der Waals surface area contributed by atoms with Gasteiger partial charge in [-0.2, -0.15) is 0 Å². The molecule has 1 aromatic rings. The largest absolute Gasteiger partial charge is 0.369 e. The van der Waals surface area contributed by atoms with Crippen LogP contribution in [-0.4, -0.2) is 18.6 Å². The van der Waals surface area contributed by atoms with Crippen molar-refractivity contribution in [3.05, 3.63) is 29.8 Å². The maximum absolute atomic E-state index is 6.03. The molecule has 1 heterocycles. The standard InChI is InChI=1S/C12H18N2/c1-12(2,13)9-14-8-7-10-5-3-4-6-11(10)14/h3-6H,7-9,13H2,1-2H3. The summed E-state index contributed by atoms with van der Waals surface area (Å²) in [5.41, 5.74) is 8.74. The SMILES string of the molecule is CC(C)(N)CN1CCc2ccccc21. The van der Waals surface area contributed by atoms with Gasteiger partial charge in [-0.15, -0.1) is 0 Å². The van der Waals surface area contributed by atoms with E-state index >= 15 is 0 Å². The van der Waals surface area contributed by atoms with Crippen LogP contribution < -0.4 is 10.6 Å². The lowest BCUT2D eigenvalue weighted by atomic mass is 10.1. The van der Waals surface area contributed by atoms with Gasteiger partial charge in [-0.1, -0.05) is 18.2 Å². The molecule has 0 amide bonds. The number of para-hydroxylation sites is 1. The summed E-state index contributed by atoms with van der Waals surface area (Å²) in [6.45, 7) is 6.20. The zero-order valence-corrected chi connectivity index (χ0v) is 8.96. The lowest BCUT2D eigenvalue weighted by Gasteiger charge is -2.28. The van der Waals surface area contributed by atoms with E-state index in [4.69, 9.17) is 5.73 Å². The highest BCUT2D eigenvalue weighted by atomic mass is 15.2. The Bertz CT molecular complexity index is 325. The molecule has 0 atom stereocenters. The van der Waals surface area contributed by atoms with Crippen molar-refractivity contribution in [1.82, 2.24) is 0 Å². The van der Waals surface area contributed by atoms with Crippen LogP contribution in [0.3, 0.4) is 0 Å². The molecule has 0 saturated carbocycles. The van der Waals surface area contributed by atoms with Crippen molar-refractivity contribution in [2.75, 3.05) is 18.0 Å². The highest BCUT2D eigenvalue weighted by molar-refractivity contribution is 5.58. The number of hydrogen-bond acceptors (Lipinski definition) is 2. The van der Waals surface area contributed by atoms with Crippen LogP contribution in [0.15, 0.2) is 24.3 Å². The molecule has 2 nitrogen and oxygen atoms in total. The van der Waals surface area contributed by atoms with E-state index in [9.17, 15) is 0 Å². The smallest absolute Gasteiger partial charge is 0.0400 e. The molecule has 2 heteroatoms. The minimum Gasteiger partial charge on any atom is -0.369 e. The fraction of sp³-hybridized carbons (Fsp3) is 0.500. The van der Waals surface area contributed by atoms with Crippen LogP contribution >= 0.6 is 0 Å². The number of nitrogens with zero attached hydrogens (tertiary/aromatic N) is 1. The molecule has 0 radical (unpaired) electrons. The minimum atomic E-state index is -0.114. The normalized spacial score (nSPS) is 15.8. The van der Waals surface area contributed by atoms with Gasteiger partial charge in [0.1, 0.15) is 0 Å². The van der Waals surface area contributed by atoms with Gasteiger partial charge in [-0.3, -0.25) is 0 Å². The second kappa shape index (κ2) is 3.28. The summed E-state index contributed by atoms with van der Waals surface area (Å²) in [4.78, 5) is 2.38. The molecule has 0 saturated heterocycles. The lowest BCUT2D eigenvalue weighted by molar-refractivity contribution is 0.511. The summed E-state index contributed by atoms with van der Waals surface area (Å²) in [5, 5.41) is 0. The van der Waals surface area contributed by atoms with E-state index in [1.54, 1.807) is 0 Å². The lowest BCUT2D eigenvalue weighted by Crippen LogP contribution is -2.44. The Kier molecular flexibility index (Phi) is 2.23. The maximum Gasteiger partial charge on any atom is 0.0400 e. The van der Waals surface area contributed by atoms with Crippen molar-refractivity contribution in [1.29, 1.82) is 0 Å². The first-order valence-corrected chi connectivity index (χ1v) is 5.18. The van der Waals surface area contributed by atoms with Crippen LogP contribution in [0.4, 0.5) is 5.69 Å². The van der Waals surface area contributed by atoms with Crippen molar-refractivity contribution in [3.8, 4) is 0 Å². The fourth-order valence-corrected chi connectivity index (χ4v) is 2.06. The van der Waals surface area contributed by atoms with Crippen molar-refractivity contribution in [2.45, 2.75) is 25.8 Å². The summed E-state index contributed by atoms with van der Waals surface area (Å²) >= 11 is 0. The van der Waals surface area contributed by atoms with Crippen molar-refractivity contribution in [3.63, 3.8) is 0 Å². The predicted molar refractivity (Wildman–Crippen MR) is 60.6 cm³/mol. The third-order valence-electron chi connectivity index (χ3n) is 2.58. The third-order valence-corrected chi connectivity index (χ3v) is 2.58. The summed E-state index contributed by atoms with van der Waals surface area (Å²) in [5.74, 6) is 0. The third kappa shape index (κ3) is 1.90. The van der Waals surface area contributed by atoms with E-state index in [2.05, 4.69) is 43.0 Å². The number of nitrogens with two attached hydrogens (primary N) is 1. The van der Waals surface area contributed by atoms with Gasteiger partial charge in [0.25, 0.3) is 0 Å². The van der Waals surface area contributed by atoms with E-state index in [0.29, 0.717) is 0 Å². The Morgan fingerprint density at radius 1 is 1.36 bits per heavy atom. The van der Waals surface area contributed by atoms with Gasteiger partial charge in [-0.25, -0.2) is 0 Å². The first-order chi connectivity index (χ1) is 6.56. The van der Waals surface area contributed by atoms with Gasteiger partial charge < -0.3 is 10.6 Å². The predicted octanol–water partition coefficient (Wildman–Crippen LogP) is 1.79. The van der Waals surface area contributed by atoms with Crippen LogP contribution in [0.5, 0.6) is 0 Å². The molecule has 0 unspecified atom stereocenters. The maximum atomic E-state index is 6.03. The molecule has 2 rings (SSSR count). The van der Waals surface area contributed by atoms with Crippen LogP contribution in [-0.2, 0) is 6.42 Å². The second-order valence-electron chi connectivity index (χ2n) is 4.79. The first-order valence-electron chi connectivity index (χ1n) is 5.18. The van der Waals surface area contributed by atoms with Crippen molar-refractivity contribution < 1.29 is 0 Å². The number of rotatable bonds is 2. The monoisotopic (exact) mass is 190 g/mol. The first kappa shape index (κ1) is 9.53. The fourth-order valence-electron chi connectivity index (χ4n) is 2.06. The highest BCUT2D eigenvalue weighted by Gasteiger charge is 2.22. The Balaban J connectivity index is 2.18. The average Bonchev–Trinajstić information content (AvgIpc) is 2.47. The van der Waals surface area contributed by atoms with Gasteiger partial charge in [-0.05, 0) is 31.9 Å². The van der Waals surface area contributed by atoms with Crippen LogP contribution in [0.25, 0.3) is 0 Å². The Morgan fingerprint density at radius 2 is 2.07 bits per heavy atom. The molecule has 0 bridgehead atoms. The molecule has 76 valence electrons. The van der Waals surface area contributed by atoms with Gasteiger partial charge in [0.15, 0.2) is 0 Å². The van der Waals surface area contributed by atoms with E-state index < -0.39 is 0 Å².